The van der Waals surface area contributed by atoms with Gasteiger partial charge in [-0.3, -0.25) is 4.79 Å². The zero-order valence-corrected chi connectivity index (χ0v) is 9.74. The highest BCUT2D eigenvalue weighted by Gasteiger charge is 2.15. The molecule has 17 heavy (non-hydrogen) atoms. The van der Waals surface area contributed by atoms with E-state index in [0.717, 1.165) is 0 Å². The third-order valence-corrected chi connectivity index (χ3v) is 2.90. The summed E-state index contributed by atoms with van der Waals surface area (Å²) in [6.07, 6.45) is 0. The number of rotatable bonds is 2. The molecular weight excluding hydrogens is 236 g/mol. The van der Waals surface area contributed by atoms with E-state index in [2.05, 4.69) is 0 Å². The Balaban J connectivity index is 2.49. The largest absolute Gasteiger partial charge is 0.397 e. The summed E-state index contributed by atoms with van der Waals surface area (Å²) in [5.41, 5.74) is 12.8. The molecule has 0 radical (unpaired) electrons. The summed E-state index contributed by atoms with van der Waals surface area (Å²) >= 11 is 6.02. The van der Waals surface area contributed by atoms with Gasteiger partial charge in [-0.05, 0) is 12.1 Å². The van der Waals surface area contributed by atoms with Crippen molar-refractivity contribution in [1.29, 1.82) is 0 Å². The zero-order chi connectivity index (χ0) is 12.4. The van der Waals surface area contributed by atoms with E-state index >= 15 is 0 Å². The lowest BCUT2D eigenvalue weighted by molar-refractivity contribution is 0.103. The van der Waals surface area contributed by atoms with Crippen molar-refractivity contribution >= 4 is 28.8 Å². The number of hydrogen-bond donors (Lipinski definition) is 2. The minimum Gasteiger partial charge on any atom is -0.397 e. The molecule has 0 atom stereocenters. The first-order valence-electron chi connectivity index (χ1n) is 5.04. The van der Waals surface area contributed by atoms with Gasteiger partial charge in [0.05, 0.1) is 16.4 Å². The lowest BCUT2D eigenvalue weighted by atomic mass is 10.0. The van der Waals surface area contributed by atoms with Crippen molar-refractivity contribution in [3.63, 3.8) is 0 Å². The second-order valence-corrected chi connectivity index (χ2v) is 4.00. The summed E-state index contributed by atoms with van der Waals surface area (Å²) in [5.74, 6) is -0.165. The van der Waals surface area contributed by atoms with Gasteiger partial charge >= 0.3 is 0 Å². The van der Waals surface area contributed by atoms with Crippen LogP contribution in [0.5, 0.6) is 0 Å². The molecule has 4 N–H and O–H groups in total. The molecule has 2 rings (SSSR count). The Morgan fingerprint density at radius 1 is 1.00 bits per heavy atom. The maximum absolute atomic E-state index is 12.1. The summed E-state index contributed by atoms with van der Waals surface area (Å²) in [6.45, 7) is 0. The number of ketones is 1. The topological polar surface area (TPSA) is 69.1 Å². The van der Waals surface area contributed by atoms with E-state index in [0.29, 0.717) is 16.8 Å². The van der Waals surface area contributed by atoms with E-state index in [1.807, 2.05) is 6.07 Å². The summed E-state index contributed by atoms with van der Waals surface area (Å²) in [7, 11) is 0. The predicted octanol–water partition coefficient (Wildman–Crippen LogP) is 2.74. The van der Waals surface area contributed by atoms with Crippen LogP contribution in [0.4, 0.5) is 11.4 Å². The van der Waals surface area contributed by atoms with Crippen molar-refractivity contribution in [3.05, 3.63) is 58.6 Å². The fourth-order valence-corrected chi connectivity index (χ4v) is 1.79. The average molecular weight is 247 g/mol. The van der Waals surface area contributed by atoms with Gasteiger partial charge in [-0.25, -0.2) is 0 Å². The van der Waals surface area contributed by atoms with Crippen molar-refractivity contribution in [1.82, 2.24) is 0 Å². The van der Waals surface area contributed by atoms with Gasteiger partial charge < -0.3 is 11.5 Å². The first-order chi connectivity index (χ1) is 8.11. The fourth-order valence-electron chi connectivity index (χ4n) is 1.53. The number of nitrogens with two attached hydrogens (primary N) is 2. The summed E-state index contributed by atoms with van der Waals surface area (Å²) in [6, 6.07) is 12.1. The Hall–Kier alpha value is -2.00. The summed E-state index contributed by atoms with van der Waals surface area (Å²) in [4.78, 5) is 12.1. The molecule has 0 heterocycles. The third-order valence-electron chi connectivity index (χ3n) is 2.49. The van der Waals surface area contributed by atoms with Crippen LogP contribution < -0.4 is 11.5 Å². The van der Waals surface area contributed by atoms with Gasteiger partial charge in [0.15, 0.2) is 5.78 Å². The van der Waals surface area contributed by atoms with E-state index in [1.54, 1.807) is 36.4 Å². The van der Waals surface area contributed by atoms with Crippen LogP contribution >= 0.6 is 11.6 Å². The van der Waals surface area contributed by atoms with Crippen molar-refractivity contribution in [2.75, 3.05) is 11.5 Å². The van der Waals surface area contributed by atoms with E-state index in [4.69, 9.17) is 23.1 Å². The lowest BCUT2D eigenvalue weighted by Crippen LogP contribution is -2.05. The van der Waals surface area contributed by atoms with Crippen LogP contribution in [-0.2, 0) is 0 Å². The molecule has 0 fully saturated rings. The van der Waals surface area contributed by atoms with Crippen molar-refractivity contribution in [3.8, 4) is 0 Å². The van der Waals surface area contributed by atoms with Gasteiger partial charge in [0.25, 0.3) is 0 Å². The maximum atomic E-state index is 12.1. The van der Waals surface area contributed by atoms with Crippen LogP contribution in [0.25, 0.3) is 0 Å². The Morgan fingerprint density at radius 2 is 1.65 bits per heavy atom. The molecule has 0 aliphatic carbocycles. The van der Waals surface area contributed by atoms with Gasteiger partial charge in [-0.1, -0.05) is 41.9 Å². The van der Waals surface area contributed by atoms with Gasteiger partial charge in [0.1, 0.15) is 0 Å². The number of nitrogen functional groups attached to an aromatic ring is 2. The first kappa shape index (κ1) is 11.5. The monoisotopic (exact) mass is 246 g/mol. The lowest BCUT2D eigenvalue weighted by Gasteiger charge is -2.08. The molecule has 3 nitrogen and oxygen atoms in total. The van der Waals surface area contributed by atoms with Crippen LogP contribution in [0, 0.1) is 0 Å². The van der Waals surface area contributed by atoms with Gasteiger partial charge in [0.2, 0.25) is 0 Å². The van der Waals surface area contributed by atoms with Gasteiger partial charge in [-0.2, -0.15) is 0 Å². The predicted molar refractivity (Wildman–Crippen MR) is 70.2 cm³/mol. The number of halogens is 1. The third kappa shape index (κ3) is 2.10. The molecule has 0 aromatic heterocycles. The SMILES string of the molecule is Nc1ccc(C(=O)c2ccccc2)c(Cl)c1N. The Kier molecular flexibility index (Phi) is 3.02. The quantitative estimate of drug-likeness (QED) is 0.632. The van der Waals surface area contributed by atoms with Crippen molar-refractivity contribution < 1.29 is 4.79 Å². The van der Waals surface area contributed by atoms with E-state index < -0.39 is 0 Å². The molecule has 0 saturated carbocycles. The molecule has 0 saturated heterocycles. The minimum atomic E-state index is -0.165. The molecule has 4 heteroatoms. The highest BCUT2D eigenvalue weighted by atomic mass is 35.5. The Labute approximate surface area is 104 Å². The first-order valence-corrected chi connectivity index (χ1v) is 5.42. The van der Waals surface area contributed by atoms with E-state index in [9.17, 15) is 4.79 Å². The van der Waals surface area contributed by atoms with E-state index in [1.165, 1.54) is 0 Å². The highest BCUT2D eigenvalue weighted by Crippen LogP contribution is 2.30. The van der Waals surface area contributed by atoms with Crippen molar-refractivity contribution in [2.24, 2.45) is 0 Å². The smallest absolute Gasteiger partial charge is 0.194 e. The maximum Gasteiger partial charge on any atom is 0.194 e. The number of hydrogen-bond acceptors (Lipinski definition) is 3. The molecule has 0 unspecified atom stereocenters. The highest BCUT2D eigenvalue weighted by molar-refractivity contribution is 6.37. The van der Waals surface area contributed by atoms with Crippen LogP contribution in [0.1, 0.15) is 15.9 Å². The second-order valence-electron chi connectivity index (χ2n) is 3.63. The van der Waals surface area contributed by atoms with Crippen molar-refractivity contribution in [2.45, 2.75) is 0 Å². The second kappa shape index (κ2) is 4.47. The number of benzene rings is 2. The number of anilines is 2. The van der Waals surface area contributed by atoms with Crippen LogP contribution in [0.2, 0.25) is 5.02 Å². The molecule has 0 aliphatic rings. The molecule has 86 valence electrons. The van der Waals surface area contributed by atoms with Crippen LogP contribution in [0.3, 0.4) is 0 Å². The normalized spacial score (nSPS) is 10.2. The van der Waals surface area contributed by atoms with Crippen LogP contribution in [0.15, 0.2) is 42.5 Å². The summed E-state index contributed by atoms with van der Waals surface area (Å²) < 4.78 is 0. The number of carbonyl (C=O) groups is 1. The average Bonchev–Trinajstić information content (AvgIpc) is 2.36. The molecular formula is C13H11ClN2O. The summed E-state index contributed by atoms with van der Waals surface area (Å²) in [5, 5.41) is 0.207. The molecule has 0 amide bonds. The molecule has 2 aromatic rings. The molecule has 2 aromatic carbocycles. The number of carbonyl (C=O) groups excluding carboxylic acids is 1. The zero-order valence-electron chi connectivity index (χ0n) is 8.98. The van der Waals surface area contributed by atoms with Gasteiger partial charge in [-0.15, -0.1) is 0 Å². The Bertz CT molecular complexity index is 567. The minimum absolute atomic E-state index is 0.165. The molecule has 0 aliphatic heterocycles. The van der Waals surface area contributed by atoms with Gasteiger partial charge in [0, 0.05) is 11.1 Å². The Morgan fingerprint density at radius 3 is 2.29 bits per heavy atom. The van der Waals surface area contributed by atoms with Crippen LogP contribution in [-0.4, -0.2) is 5.78 Å². The molecule has 0 spiro atoms. The van der Waals surface area contributed by atoms with E-state index in [-0.39, 0.29) is 16.5 Å². The fraction of sp³-hybridized carbons (Fsp3) is 0. The molecule has 0 bridgehead atoms. The standard InChI is InChI=1S/C13H11ClN2O/c14-11-9(6-7-10(15)12(11)16)13(17)8-4-2-1-3-5-8/h1-7H,15-16H2.